The van der Waals surface area contributed by atoms with Gasteiger partial charge >= 0.3 is 0 Å². The lowest BCUT2D eigenvalue weighted by molar-refractivity contribution is 0.101. The summed E-state index contributed by atoms with van der Waals surface area (Å²) < 4.78 is 5.89. The first-order valence-electron chi connectivity index (χ1n) is 10.6. The van der Waals surface area contributed by atoms with Crippen molar-refractivity contribution in [2.45, 2.75) is 18.8 Å². The zero-order chi connectivity index (χ0) is 25.1. The number of aromatic hydroxyl groups is 1. The summed E-state index contributed by atoms with van der Waals surface area (Å²) in [5, 5.41) is 26.6. The molecule has 4 rings (SSSR count). The highest BCUT2D eigenvalue weighted by Gasteiger charge is 2.31. The zero-order valence-electron chi connectivity index (χ0n) is 18.8. The van der Waals surface area contributed by atoms with Gasteiger partial charge in [-0.1, -0.05) is 60.1 Å². The third-order valence-electron chi connectivity index (χ3n) is 5.77. The van der Waals surface area contributed by atoms with E-state index in [9.17, 15) is 20.0 Å². The van der Waals surface area contributed by atoms with Crippen molar-refractivity contribution in [3.63, 3.8) is 0 Å². The van der Waals surface area contributed by atoms with Crippen LogP contribution in [-0.2, 0) is 7.05 Å². The fourth-order valence-electron chi connectivity index (χ4n) is 4.08. The van der Waals surface area contributed by atoms with Gasteiger partial charge in [-0.2, -0.15) is 5.26 Å². The van der Waals surface area contributed by atoms with E-state index in [1.807, 2.05) is 31.2 Å². The molecule has 2 N–H and O–H groups in total. The number of rotatable bonds is 6. The van der Waals surface area contributed by atoms with E-state index < -0.39 is 34.7 Å². The lowest BCUT2D eigenvalue weighted by atomic mass is 9.79. The predicted molar refractivity (Wildman–Crippen MR) is 128 cm³/mol. The van der Waals surface area contributed by atoms with Gasteiger partial charge in [-0.05, 0) is 23.3 Å². The van der Waals surface area contributed by atoms with Crippen LogP contribution in [0.5, 0.6) is 5.75 Å². The summed E-state index contributed by atoms with van der Waals surface area (Å²) >= 11 is 6.56. The van der Waals surface area contributed by atoms with Crippen molar-refractivity contribution >= 4 is 23.2 Å². The zero-order valence-corrected chi connectivity index (χ0v) is 19.5. The van der Waals surface area contributed by atoms with Crippen LogP contribution in [0.25, 0.3) is 0 Å². The number of nitriles is 1. The molecular formula is C25H20ClN5O4. The summed E-state index contributed by atoms with van der Waals surface area (Å²) in [6.07, 6.45) is 2.47. The molecule has 2 atom stereocenters. The van der Waals surface area contributed by atoms with Crippen molar-refractivity contribution in [3.05, 3.63) is 105 Å². The molecule has 4 aromatic rings. The molecule has 0 fully saturated rings. The molecule has 10 heteroatoms. The second-order valence-corrected chi connectivity index (χ2v) is 8.29. The summed E-state index contributed by atoms with van der Waals surface area (Å²) in [5.41, 5.74) is 0.865. The monoisotopic (exact) mass is 489 g/mol. The second kappa shape index (κ2) is 9.83. The van der Waals surface area contributed by atoms with E-state index in [4.69, 9.17) is 16.1 Å². The summed E-state index contributed by atoms with van der Waals surface area (Å²) in [4.78, 5) is 30.1. The molecule has 1 amide bonds. The molecule has 0 aliphatic heterocycles. The third kappa shape index (κ3) is 4.52. The number of nitrogens with one attached hydrogen (secondary N) is 1. The van der Waals surface area contributed by atoms with E-state index in [-0.39, 0.29) is 11.5 Å². The van der Waals surface area contributed by atoms with Crippen LogP contribution in [0.15, 0.2) is 70.3 Å². The standard InChI is InChI=1S/C25H20ClN5O4/c1-14(20(18-9-5-6-10-19(18)26)17-8-4-3-7-15(17)11-27)23-30-21(22(32)25(34)31(23)2)24(33)29-16-12-28-35-13-16/h3-10,12-14,20,32H,1-2H3,(H,29,33)/t14-,20+/m0/s1. The van der Waals surface area contributed by atoms with Crippen LogP contribution in [0.4, 0.5) is 5.69 Å². The number of carbonyl (C=O) groups is 1. The van der Waals surface area contributed by atoms with Crippen LogP contribution in [-0.4, -0.2) is 25.7 Å². The largest absolute Gasteiger partial charge is 0.501 e. The topological polar surface area (TPSA) is 134 Å². The Balaban J connectivity index is 1.89. The van der Waals surface area contributed by atoms with Gasteiger partial charge in [0.15, 0.2) is 5.69 Å². The number of hydrogen-bond acceptors (Lipinski definition) is 7. The van der Waals surface area contributed by atoms with Crippen LogP contribution in [0.1, 0.15) is 51.8 Å². The summed E-state index contributed by atoms with van der Waals surface area (Å²) in [6, 6.07) is 16.5. The van der Waals surface area contributed by atoms with Gasteiger partial charge in [-0.25, -0.2) is 4.98 Å². The van der Waals surface area contributed by atoms with E-state index in [0.717, 1.165) is 5.56 Å². The minimum atomic E-state index is -0.802. The molecule has 0 aliphatic carbocycles. The highest BCUT2D eigenvalue weighted by molar-refractivity contribution is 6.31. The van der Waals surface area contributed by atoms with Gasteiger partial charge in [0, 0.05) is 23.9 Å². The summed E-state index contributed by atoms with van der Waals surface area (Å²) in [5.74, 6) is -2.39. The Kier molecular flexibility index (Phi) is 6.66. The van der Waals surface area contributed by atoms with Crippen molar-refractivity contribution in [3.8, 4) is 11.8 Å². The van der Waals surface area contributed by atoms with E-state index in [2.05, 4.69) is 21.5 Å². The first-order valence-corrected chi connectivity index (χ1v) is 10.9. The van der Waals surface area contributed by atoms with Crippen LogP contribution >= 0.6 is 11.6 Å². The first kappa shape index (κ1) is 23.7. The molecule has 176 valence electrons. The van der Waals surface area contributed by atoms with Crippen molar-refractivity contribution in [2.24, 2.45) is 7.05 Å². The molecule has 9 nitrogen and oxygen atoms in total. The molecule has 0 bridgehead atoms. The summed E-state index contributed by atoms with van der Waals surface area (Å²) in [7, 11) is 1.46. The van der Waals surface area contributed by atoms with Crippen LogP contribution < -0.4 is 10.9 Å². The van der Waals surface area contributed by atoms with E-state index in [0.29, 0.717) is 16.1 Å². The number of carbonyl (C=O) groups excluding carboxylic acids is 1. The van der Waals surface area contributed by atoms with Gasteiger partial charge < -0.3 is 14.9 Å². The van der Waals surface area contributed by atoms with Gasteiger partial charge in [-0.15, -0.1) is 0 Å². The van der Waals surface area contributed by atoms with Crippen molar-refractivity contribution in [1.29, 1.82) is 5.26 Å². The Bertz CT molecular complexity index is 1490. The van der Waals surface area contributed by atoms with Gasteiger partial charge in [0.2, 0.25) is 5.75 Å². The van der Waals surface area contributed by atoms with Gasteiger partial charge in [0.05, 0.1) is 17.8 Å². The van der Waals surface area contributed by atoms with Crippen LogP contribution in [0, 0.1) is 11.3 Å². The van der Waals surface area contributed by atoms with Crippen molar-refractivity contribution < 1.29 is 14.4 Å². The first-order chi connectivity index (χ1) is 16.8. The molecule has 0 saturated carbocycles. The number of amides is 1. The van der Waals surface area contributed by atoms with E-state index in [1.165, 1.54) is 24.1 Å². The Morgan fingerprint density at radius 2 is 1.89 bits per heavy atom. The molecule has 0 saturated heterocycles. The molecule has 0 aliphatic rings. The molecule has 2 aromatic heterocycles. The SMILES string of the molecule is C[C@H](c1nc(C(=O)Nc2cnoc2)c(O)c(=O)n1C)[C@@H](c1ccccc1Cl)c1ccccc1C#N. The van der Waals surface area contributed by atoms with Crippen molar-refractivity contribution in [2.75, 3.05) is 5.32 Å². The average Bonchev–Trinajstić information content (AvgIpc) is 3.37. The lowest BCUT2D eigenvalue weighted by Crippen LogP contribution is -2.29. The number of anilines is 1. The molecule has 0 unspecified atom stereocenters. The normalized spacial score (nSPS) is 12.5. The van der Waals surface area contributed by atoms with Crippen LogP contribution in [0.3, 0.4) is 0 Å². The van der Waals surface area contributed by atoms with Crippen LogP contribution in [0.2, 0.25) is 5.02 Å². The van der Waals surface area contributed by atoms with E-state index >= 15 is 0 Å². The highest BCUT2D eigenvalue weighted by atomic mass is 35.5. The fraction of sp³-hybridized carbons (Fsp3) is 0.160. The van der Waals surface area contributed by atoms with Gasteiger partial charge in [0.1, 0.15) is 17.8 Å². The minimum Gasteiger partial charge on any atom is -0.501 e. The molecule has 2 heterocycles. The number of hydrogen-bond donors (Lipinski definition) is 2. The molecule has 0 spiro atoms. The Morgan fingerprint density at radius 1 is 1.20 bits per heavy atom. The number of nitrogens with zero attached hydrogens (tertiary/aromatic N) is 4. The number of halogens is 1. The second-order valence-electron chi connectivity index (χ2n) is 7.89. The molecule has 0 radical (unpaired) electrons. The highest BCUT2D eigenvalue weighted by Crippen LogP contribution is 2.41. The fourth-order valence-corrected chi connectivity index (χ4v) is 4.34. The third-order valence-corrected chi connectivity index (χ3v) is 6.11. The molecular weight excluding hydrogens is 470 g/mol. The maximum Gasteiger partial charge on any atom is 0.296 e. The average molecular weight is 490 g/mol. The number of aromatic nitrogens is 3. The number of benzene rings is 2. The van der Waals surface area contributed by atoms with E-state index in [1.54, 1.807) is 24.3 Å². The Morgan fingerprint density at radius 3 is 2.54 bits per heavy atom. The maximum atomic E-state index is 12.9. The smallest absolute Gasteiger partial charge is 0.296 e. The maximum absolute atomic E-state index is 12.9. The molecule has 35 heavy (non-hydrogen) atoms. The minimum absolute atomic E-state index is 0.223. The Hall–Kier alpha value is -4.42. The van der Waals surface area contributed by atoms with Gasteiger partial charge in [-0.3, -0.25) is 14.2 Å². The quantitative estimate of drug-likeness (QED) is 0.414. The summed E-state index contributed by atoms with van der Waals surface area (Å²) in [6.45, 7) is 1.82. The van der Waals surface area contributed by atoms with Crippen molar-refractivity contribution in [1.82, 2.24) is 14.7 Å². The Labute approximate surface area is 205 Å². The molecule has 2 aromatic carbocycles. The predicted octanol–water partition coefficient (Wildman–Crippen LogP) is 4.19. The van der Waals surface area contributed by atoms with Gasteiger partial charge in [0.25, 0.3) is 11.5 Å². The lowest BCUT2D eigenvalue weighted by Gasteiger charge is -2.28.